The first-order valence-electron chi connectivity index (χ1n) is 4.25. The van der Waals surface area contributed by atoms with Gasteiger partial charge in [-0.25, -0.2) is 0 Å². The zero-order valence-electron chi connectivity index (χ0n) is 7.28. The van der Waals surface area contributed by atoms with E-state index in [0.717, 1.165) is 24.6 Å². The summed E-state index contributed by atoms with van der Waals surface area (Å²) in [4.78, 5) is 0. The van der Waals surface area contributed by atoms with Gasteiger partial charge in [-0.05, 0) is 11.0 Å². The van der Waals surface area contributed by atoms with Gasteiger partial charge >= 0.3 is 8.03 Å². The second kappa shape index (κ2) is 5.28. The Bertz CT molecular complexity index is 189. The minimum Gasteiger partial charge on any atom is -0.496 e. The van der Waals surface area contributed by atoms with E-state index < -0.39 is 8.03 Å². The number of rotatable bonds is 5. The van der Waals surface area contributed by atoms with E-state index in [1.54, 1.807) is 6.26 Å². The van der Waals surface area contributed by atoms with E-state index in [2.05, 4.69) is 6.92 Å². The SMILES string of the molecule is CCCCO[P+](=O)C1=COCC1. The summed E-state index contributed by atoms with van der Waals surface area (Å²) in [5.74, 6) is 0. The van der Waals surface area contributed by atoms with Crippen LogP contribution in [-0.2, 0) is 13.8 Å². The van der Waals surface area contributed by atoms with Gasteiger partial charge in [0.1, 0.15) is 12.9 Å². The fourth-order valence-corrected chi connectivity index (χ4v) is 1.78. The molecule has 68 valence electrons. The summed E-state index contributed by atoms with van der Waals surface area (Å²) in [6.45, 7) is 3.31. The average Bonchev–Trinajstić information content (AvgIpc) is 2.56. The maximum Gasteiger partial charge on any atom is 0.547 e. The van der Waals surface area contributed by atoms with Crippen LogP contribution in [0.4, 0.5) is 0 Å². The van der Waals surface area contributed by atoms with Crippen LogP contribution in [0.15, 0.2) is 11.6 Å². The number of hydrogen-bond donors (Lipinski definition) is 0. The van der Waals surface area contributed by atoms with Crippen molar-refractivity contribution in [3.05, 3.63) is 11.6 Å². The van der Waals surface area contributed by atoms with Gasteiger partial charge in [0.05, 0.1) is 13.0 Å². The molecule has 0 spiro atoms. The van der Waals surface area contributed by atoms with Crippen LogP contribution < -0.4 is 0 Å². The quantitative estimate of drug-likeness (QED) is 0.492. The maximum atomic E-state index is 11.3. The average molecular weight is 189 g/mol. The zero-order valence-corrected chi connectivity index (χ0v) is 8.18. The lowest BCUT2D eigenvalue weighted by Gasteiger charge is -1.88. The van der Waals surface area contributed by atoms with E-state index in [1.807, 2.05) is 0 Å². The fraction of sp³-hybridized carbons (Fsp3) is 0.750. The van der Waals surface area contributed by atoms with Gasteiger partial charge in [0.2, 0.25) is 5.31 Å². The summed E-state index contributed by atoms with van der Waals surface area (Å²) < 4.78 is 21.4. The van der Waals surface area contributed by atoms with Crippen molar-refractivity contribution >= 4 is 8.03 Å². The first-order valence-corrected chi connectivity index (χ1v) is 5.43. The van der Waals surface area contributed by atoms with Crippen molar-refractivity contribution in [1.82, 2.24) is 0 Å². The molecule has 1 aliphatic heterocycles. The second-order valence-electron chi connectivity index (χ2n) is 2.67. The summed E-state index contributed by atoms with van der Waals surface area (Å²) >= 11 is 0. The molecular weight excluding hydrogens is 175 g/mol. The summed E-state index contributed by atoms with van der Waals surface area (Å²) in [6.07, 6.45) is 4.35. The molecule has 0 aliphatic carbocycles. The molecule has 1 aliphatic rings. The van der Waals surface area contributed by atoms with Crippen molar-refractivity contribution < 1.29 is 13.8 Å². The van der Waals surface area contributed by atoms with Crippen molar-refractivity contribution in [2.75, 3.05) is 13.2 Å². The summed E-state index contributed by atoms with van der Waals surface area (Å²) in [7, 11) is -1.61. The molecular formula is C8H14O3P+. The van der Waals surface area contributed by atoms with Crippen LogP contribution in [0, 0.1) is 0 Å². The highest BCUT2D eigenvalue weighted by Gasteiger charge is 2.28. The maximum absolute atomic E-state index is 11.3. The molecule has 12 heavy (non-hydrogen) atoms. The minimum atomic E-state index is -1.61. The van der Waals surface area contributed by atoms with Gasteiger partial charge in [0.15, 0.2) is 0 Å². The van der Waals surface area contributed by atoms with E-state index in [9.17, 15) is 4.57 Å². The second-order valence-corrected chi connectivity index (χ2v) is 4.02. The smallest absolute Gasteiger partial charge is 0.496 e. The van der Waals surface area contributed by atoms with Gasteiger partial charge in [-0.3, -0.25) is 0 Å². The van der Waals surface area contributed by atoms with Crippen molar-refractivity contribution in [2.45, 2.75) is 26.2 Å². The molecule has 0 aromatic heterocycles. The number of hydrogen-bond acceptors (Lipinski definition) is 3. The lowest BCUT2D eigenvalue weighted by Crippen LogP contribution is -1.86. The monoisotopic (exact) mass is 189 g/mol. The van der Waals surface area contributed by atoms with Crippen LogP contribution in [0.25, 0.3) is 0 Å². The Balaban J connectivity index is 2.19. The number of unbranched alkanes of at least 4 members (excludes halogenated alkanes) is 1. The topological polar surface area (TPSA) is 35.5 Å². The van der Waals surface area contributed by atoms with E-state index in [4.69, 9.17) is 9.26 Å². The van der Waals surface area contributed by atoms with Gasteiger partial charge in [0.25, 0.3) is 0 Å². The normalized spacial score (nSPS) is 17.1. The Kier molecular flexibility index (Phi) is 4.26. The molecule has 0 aromatic rings. The van der Waals surface area contributed by atoms with Crippen LogP contribution in [0.2, 0.25) is 0 Å². The largest absolute Gasteiger partial charge is 0.547 e. The van der Waals surface area contributed by atoms with Crippen LogP contribution in [0.1, 0.15) is 26.2 Å². The molecule has 0 N–H and O–H groups in total. The molecule has 1 rings (SSSR count). The van der Waals surface area contributed by atoms with Gasteiger partial charge in [0, 0.05) is 0 Å². The molecule has 3 nitrogen and oxygen atoms in total. The zero-order chi connectivity index (χ0) is 8.81. The first-order chi connectivity index (χ1) is 5.84. The summed E-state index contributed by atoms with van der Waals surface area (Å²) in [5, 5.41) is 0.807. The van der Waals surface area contributed by atoms with E-state index >= 15 is 0 Å². The van der Waals surface area contributed by atoms with Crippen molar-refractivity contribution in [1.29, 1.82) is 0 Å². The molecule has 0 radical (unpaired) electrons. The highest BCUT2D eigenvalue weighted by atomic mass is 31.1. The van der Waals surface area contributed by atoms with E-state index in [1.165, 1.54) is 0 Å². The predicted octanol–water partition coefficient (Wildman–Crippen LogP) is 2.81. The van der Waals surface area contributed by atoms with Gasteiger partial charge < -0.3 is 4.74 Å². The van der Waals surface area contributed by atoms with E-state index in [-0.39, 0.29) is 0 Å². The Hall–Kier alpha value is -0.400. The third-order valence-electron chi connectivity index (χ3n) is 1.64. The molecule has 0 fully saturated rings. The Morgan fingerprint density at radius 3 is 3.17 bits per heavy atom. The van der Waals surface area contributed by atoms with Gasteiger partial charge in [-0.15, -0.1) is 4.52 Å². The minimum absolute atomic E-state index is 0.586. The molecule has 4 heteroatoms. The highest BCUT2D eigenvalue weighted by Crippen LogP contribution is 2.38. The van der Waals surface area contributed by atoms with Gasteiger partial charge in [-0.2, -0.15) is 0 Å². The lowest BCUT2D eigenvalue weighted by molar-refractivity contribution is 0.281. The standard InChI is InChI=1S/C8H14O3P/c1-2-3-5-11-12(9)8-4-6-10-7-8/h7H,2-6H2,1H3/q+1. The molecule has 0 amide bonds. The molecule has 0 aromatic carbocycles. The van der Waals surface area contributed by atoms with Crippen LogP contribution in [0.5, 0.6) is 0 Å². The third-order valence-corrected chi connectivity index (χ3v) is 2.85. The number of ether oxygens (including phenoxy) is 1. The molecule has 0 bridgehead atoms. The highest BCUT2D eigenvalue weighted by molar-refractivity contribution is 7.44. The summed E-state index contributed by atoms with van der Waals surface area (Å²) in [5.41, 5.74) is 0. The van der Waals surface area contributed by atoms with Crippen molar-refractivity contribution in [3.8, 4) is 0 Å². The lowest BCUT2D eigenvalue weighted by atomic mass is 10.4. The third kappa shape index (κ3) is 2.92. The van der Waals surface area contributed by atoms with Gasteiger partial charge in [-0.1, -0.05) is 13.3 Å². The molecule has 0 saturated heterocycles. The first kappa shape index (κ1) is 9.69. The summed E-state index contributed by atoms with van der Waals surface area (Å²) in [6, 6.07) is 0. The van der Waals surface area contributed by atoms with E-state index in [0.29, 0.717) is 13.2 Å². The molecule has 0 saturated carbocycles. The molecule has 1 atom stereocenters. The molecule has 1 unspecified atom stereocenters. The van der Waals surface area contributed by atoms with Crippen molar-refractivity contribution in [3.63, 3.8) is 0 Å². The van der Waals surface area contributed by atoms with Crippen LogP contribution >= 0.6 is 8.03 Å². The fourth-order valence-electron chi connectivity index (χ4n) is 0.887. The predicted molar refractivity (Wildman–Crippen MR) is 47.1 cm³/mol. The molecule has 1 heterocycles. The Labute approximate surface area is 73.6 Å². The van der Waals surface area contributed by atoms with Crippen LogP contribution in [-0.4, -0.2) is 13.2 Å². The van der Waals surface area contributed by atoms with Crippen LogP contribution in [0.3, 0.4) is 0 Å². The van der Waals surface area contributed by atoms with Crippen molar-refractivity contribution in [2.24, 2.45) is 0 Å². The Morgan fingerprint density at radius 1 is 1.75 bits per heavy atom. The Morgan fingerprint density at radius 2 is 2.58 bits per heavy atom.